The van der Waals surface area contributed by atoms with Gasteiger partial charge in [-0.15, -0.1) is 0 Å². The number of nitrogens with one attached hydrogen (secondary N) is 2. The number of nitrogens with zero attached hydrogens (tertiary/aromatic N) is 1. The number of nitriles is 1. The molecule has 0 radical (unpaired) electrons. The van der Waals surface area contributed by atoms with Gasteiger partial charge in [-0.05, 0) is 29.8 Å². The molecule has 0 atom stereocenters. The molecule has 2 amide bonds. The number of carbonyl (C=O) groups excluding carboxylic acids is 2. The maximum atomic E-state index is 12.8. The lowest BCUT2D eigenvalue weighted by Gasteiger charge is -2.09. The standard InChI is InChI=1S/C20H10F3N3O2/c21-20(22,23)13-6-4-11(5-7-13)16-14-15(19(28)25-16)17(26-18(14)27)12-3-1-2-10(8-12)9-24/h1-8H,(H,25,28)(H,26,27). The normalized spacial score (nSPS) is 16.1. The Morgan fingerprint density at radius 2 is 1.39 bits per heavy atom. The summed E-state index contributed by atoms with van der Waals surface area (Å²) in [5, 5.41) is 14.2. The Morgan fingerprint density at radius 3 is 1.93 bits per heavy atom. The molecule has 0 aromatic heterocycles. The molecule has 0 saturated carbocycles. The Labute approximate surface area is 156 Å². The molecular formula is C20H10F3N3O2. The average Bonchev–Trinajstić information content (AvgIpc) is 3.20. The maximum Gasteiger partial charge on any atom is 0.416 e. The quantitative estimate of drug-likeness (QED) is 0.839. The molecule has 0 bridgehead atoms. The van der Waals surface area contributed by atoms with Crippen molar-refractivity contribution >= 4 is 23.2 Å². The summed E-state index contributed by atoms with van der Waals surface area (Å²) in [6.07, 6.45) is -4.48. The first-order chi connectivity index (χ1) is 13.3. The van der Waals surface area contributed by atoms with Gasteiger partial charge >= 0.3 is 6.18 Å². The third-order valence-corrected chi connectivity index (χ3v) is 4.46. The number of halogens is 3. The molecular weight excluding hydrogens is 371 g/mol. The second-order valence-corrected chi connectivity index (χ2v) is 6.18. The Balaban J connectivity index is 1.83. The molecule has 0 fully saturated rings. The summed E-state index contributed by atoms with van der Waals surface area (Å²) in [6, 6.07) is 12.6. The molecule has 5 nitrogen and oxygen atoms in total. The molecule has 2 aromatic rings. The van der Waals surface area contributed by atoms with Crippen molar-refractivity contribution in [3.8, 4) is 6.07 Å². The van der Waals surface area contributed by atoms with Gasteiger partial charge in [-0.1, -0.05) is 24.3 Å². The van der Waals surface area contributed by atoms with Crippen LogP contribution in [0.5, 0.6) is 0 Å². The van der Waals surface area contributed by atoms with Crippen molar-refractivity contribution in [3.63, 3.8) is 0 Å². The molecule has 0 saturated heterocycles. The van der Waals surface area contributed by atoms with Crippen molar-refractivity contribution in [1.29, 1.82) is 5.26 Å². The van der Waals surface area contributed by atoms with E-state index in [1.54, 1.807) is 18.2 Å². The van der Waals surface area contributed by atoms with Crippen LogP contribution in [0.3, 0.4) is 0 Å². The fraction of sp³-hybridized carbons (Fsp3) is 0.0500. The van der Waals surface area contributed by atoms with E-state index in [0.29, 0.717) is 11.1 Å². The second kappa shape index (κ2) is 6.09. The predicted molar refractivity (Wildman–Crippen MR) is 92.7 cm³/mol. The van der Waals surface area contributed by atoms with Gasteiger partial charge in [-0.3, -0.25) is 9.59 Å². The minimum atomic E-state index is -4.48. The highest BCUT2D eigenvalue weighted by Gasteiger charge is 2.41. The molecule has 2 N–H and O–H groups in total. The van der Waals surface area contributed by atoms with Crippen molar-refractivity contribution < 1.29 is 22.8 Å². The van der Waals surface area contributed by atoms with Crippen molar-refractivity contribution in [2.24, 2.45) is 0 Å². The number of hydrogen-bond donors (Lipinski definition) is 2. The van der Waals surface area contributed by atoms with Crippen molar-refractivity contribution in [2.45, 2.75) is 6.18 Å². The first-order valence-electron chi connectivity index (χ1n) is 8.09. The summed E-state index contributed by atoms with van der Waals surface area (Å²) in [7, 11) is 0. The van der Waals surface area contributed by atoms with Gasteiger partial charge in [-0.2, -0.15) is 18.4 Å². The lowest BCUT2D eigenvalue weighted by Crippen LogP contribution is -2.21. The molecule has 4 rings (SSSR count). The number of rotatable bonds is 2. The van der Waals surface area contributed by atoms with Gasteiger partial charge in [0.25, 0.3) is 11.8 Å². The Hall–Kier alpha value is -3.86. The van der Waals surface area contributed by atoms with Crippen LogP contribution in [-0.2, 0) is 15.8 Å². The van der Waals surface area contributed by atoms with E-state index in [1.807, 2.05) is 6.07 Å². The fourth-order valence-electron chi connectivity index (χ4n) is 3.18. The van der Waals surface area contributed by atoms with Gasteiger partial charge in [0, 0.05) is 5.56 Å². The van der Waals surface area contributed by atoms with Gasteiger partial charge in [0.2, 0.25) is 0 Å². The van der Waals surface area contributed by atoms with E-state index in [1.165, 1.54) is 18.2 Å². The third-order valence-electron chi connectivity index (χ3n) is 4.46. The molecule has 138 valence electrons. The number of carbonyl (C=O) groups is 2. The van der Waals surface area contributed by atoms with Crippen LogP contribution < -0.4 is 10.6 Å². The van der Waals surface area contributed by atoms with E-state index in [2.05, 4.69) is 10.6 Å². The number of alkyl halides is 3. The van der Waals surface area contributed by atoms with E-state index in [9.17, 15) is 22.8 Å². The first kappa shape index (κ1) is 17.5. The topological polar surface area (TPSA) is 82.0 Å². The molecule has 28 heavy (non-hydrogen) atoms. The van der Waals surface area contributed by atoms with Crippen LogP contribution in [0.25, 0.3) is 11.4 Å². The van der Waals surface area contributed by atoms with Crippen LogP contribution in [0.2, 0.25) is 0 Å². The molecule has 0 unspecified atom stereocenters. The Kier molecular flexibility index (Phi) is 3.82. The summed E-state index contributed by atoms with van der Waals surface area (Å²) < 4.78 is 38.3. The van der Waals surface area contributed by atoms with E-state index in [4.69, 9.17) is 5.26 Å². The zero-order valence-electron chi connectivity index (χ0n) is 14.0. The van der Waals surface area contributed by atoms with E-state index in [-0.39, 0.29) is 28.1 Å². The minimum absolute atomic E-state index is 0.0714. The SMILES string of the molecule is N#Cc1cccc(C2=C3C(=O)NC(c4ccc(C(F)(F)F)cc4)=C3C(=O)N2)c1. The van der Waals surface area contributed by atoms with Crippen molar-refractivity contribution in [2.75, 3.05) is 0 Å². The van der Waals surface area contributed by atoms with Crippen LogP contribution >= 0.6 is 0 Å². The van der Waals surface area contributed by atoms with Crippen LogP contribution in [0.4, 0.5) is 13.2 Å². The summed E-state index contributed by atoms with van der Waals surface area (Å²) in [5.41, 5.74) is 0.895. The van der Waals surface area contributed by atoms with Crippen molar-refractivity contribution in [1.82, 2.24) is 10.6 Å². The van der Waals surface area contributed by atoms with E-state index in [0.717, 1.165) is 12.1 Å². The second-order valence-electron chi connectivity index (χ2n) is 6.18. The van der Waals surface area contributed by atoms with Crippen LogP contribution in [0.1, 0.15) is 22.3 Å². The summed E-state index contributed by atoms with van der Waals surface area (Å²) in [4.78, 5) is 25.0. The monoisotopic (exact) mass is 381 g/mol. The molecule has 0 aliphatic carbocycles. The van der Waals surface area contributed by atoms with Gasteiger partial charge < -0.3 is 10.6 Å². The zero-order chi connectivity index (χ0) is 20.1. The van der Waals surface area contributed by atoms with Crippen molar-refractivity contribution in [3.05, 3.63) is 81.9 Å². The molecule has 2 aliphatic heterocycles. The fourth-order valence-corrected chi connectivity index (χ4v) is 3.18. The summed E-state index contributed by atoms with van der Waals surface area (Å²) in [5.74, 6) is -1.08. The third kappa shape index (κ3) is 2.74. The van der Waals surface area contributed by atoms with Gasteiger partial charge in [0.15, 0.2) is 0 Å². The Bertz CT molecular complexity index is 1140. The van der Waals surface area contributed by atoms with Crippen LogP contribution in [0, 0.1) is 11.3 Å². The lowest BCUT2D eigenvalue weighted by molar-refractivity contribution is -0.137. The highest BCUT2D eigenvalue weighted by Crippen LogP contribution is 2.38. The average molecular weight is 381 g/mol. The number of benzene rings is 2. The van der Waals surface area contributed by atoms with Gasteiger partial charge in [-0.25, -0.2) is 0 Å². The smallest absolute Gasteiger partial charge is 0.321 e. The highest BCUT2D eigenvalue weighted by molar-refractivity contribution is 6.30. The minimum Gasteiger partial charge on any atom is -0.321 e. The molecule has 2 aliphatic rings. The van der Waals surface area contributed by atoms with E-state index >= 15 is 0 Å². The summed E-state index contributed by atoms with van der Waals surface area (Å²) in [6.45, 7) is 0. The number of fused-ring (bicyclic) bond motifs is 1. The molecule has 2 aromatic carbocycles. The molecule has 2 heterocycles. The summed E-state index contributed by atoms with van der Waals surface area (Å²) >= 11 is 0. The lowest BCUT2D eigenvalue weighted by atomic mass is 10.0. The largest absolute Gasteiger partial charge is 0.416 e. The molecule has 0 spiro atoms. The maximum absolute atomic E-state index is 12.8. The molecule has 8 heteroatoms. The zero-order valence-corrected chi connectivity index (χ0v) is 14.0. The van der Waals surface area contributed by atoms with Crippen LogP contribution in [-0.4, -0.2) is 11.8 Å². The highest BCUT2D eigenvalue weighted by atomic mass is 19.4. The number of amides is 2. The van der Waals surface area contributed by atoms with E-state index < -0.39 is 23.6 Å². The predicted octanol–water partition coefficient (Wildman–Crippen LogP) is 2.96. The van der Waals surface area contributed by atoms with Gasteiger partial charge in [0.1, 0.15) is 0 Å². The number of hydrogen-bond acceptors (Lipinski definition) is 3. The first-order valence-corrected chi connectivity index (χ1v) is 8.09. The van der Waals surface area contributed by atoms with Crippen LogP contribution in [0.15, 0.2) is 59.7 Å². The Morgan fingerprint density at radius 1 is 0.821 bits per heavy atom. The van der Waals surface area contributed by atoms with Gasteiger partial charge in [0.05, 0.1) is 39.7 Å².